The first-order valence-corrected chi connectivity index (χ1v) is 11.1. The van der Waals surface area contributed by atoms with Crippen LogP contribution < -0.4 is 5.46 Å². The normalized spacial score (nSPS) is 14.9. The summed E-state index contributed by atoms with van der Waals surface area (Å²) < 4.78 is 6.27. The summed E-state index contributed by atoms with van der Waals surface area (Å²) in [6.45, 7) is 9.61. The number of hydrogen-bond donors (Lipinski definition) is 1. The summed E-state index contributed by atoms with van der Waals surface area (Å²) in [4.78, 5) is 0. The summed E-state index contributed by atoms with van der Waals surface area (Å²) in [7, 11) is 0.402. The molecule has 0 amide bonds. The Balaban J connectivity index is 1.85. The average Bonchev–Trinajstić information content (AvgIpc) is 3.50. The molecule has 0 saturated heterocycles. The molecular weight excluding hydrogens is 391 g/mol. The van der Waals surface area contributed by atoms with Crippen LogP contribution in [0.15, 0.2) is 48.5 Å². The molecule has 1 saturated carbocycles. The van der Waals surface area contributed by atoms with Crippen molar-refractivity contribution in [2.24, 2.45) is 0 Å². The van der Waals surface area contributed by atoms with E-state index in [1.54, 1.807) is 13.8 Å². The maximum Gasteiger partial charge on any atom is 0.310 e. The van der Waals surface area contributed by atoms with Gasteiger partial charge >= 0.3 is 7.48 Å². The number of benzene rings is 3. The van der Waals surface area contributed by atoms with Crippen LogP contribution in [0.4, 0.5) is 0 Å². The van der Waals surface area contributed by atoms with Crippen molar-refractivity contribution < 1.29 is 9.76 Å². The fourth-order valence-electron chi connectivity index (χ4n) is 3.90. The van der Waals surface area contributed by atoms with Gasteiger partial charge in [-0.15, -0.1) is 0 Å². The molecule has 0 atom stereocenters. The first-order valence-electron chi connectivity index (χ1n) is 10.8. The van der Waals surface area contributed by atoms with Crippen LogP contribution in [0.25, 0.3) is 21.9 Å². The Labute approximate surface area is 185 Å². The molecule has 1 aliphatic carbocycles. The highest BCUT2D eigenvalue weighted by Crippen LogP contribution is 2.45. The van der Waals surface area contributed by atoms with Gasteiger partial charge in [-0.25, -0.2) is 0 Å². The van der Waals surface area contributed by atoms with E-state index in [9.17, 15) is 5.11 Å². The fraction of sp³-hybridized carbons (Fsp3) is 0.385. The lowest BCUT2D eigenvalue weighted by molar-refractivity contribution is -0.0893. The van der Waals surface area contributed by atoms with E-state index in [1.807, 2.05) is 19.9 Å². The van der Waals surface area contributed by atoms with Crippen molar-refractivity contribution in [3.8, 4) is 11.1 Å². The third kappa shape index (κ3) is 4.16. The van der Waals surface area contributed by atoms with Gasteiger partial charge in [-0.1, -0.05) is 41.9 Å². The summed E-state index contributed by atoms with van der Waals surface area (Å²) in [6, 6.07) is 17.2. The van der Waals surface area contributed by atoms with Gasteiger partial charge in [-0.05, 0) is 110 Å². The van der Waals surface area contributed by atoms with Crippen molar-refractivity contribution >= 4 is 35.3 Å². The highest BCUT2D eigenvalue weighted by molar-refractivity contribution is 6.50. The molecule has 0 bridgehead atoms. The van der Waals surface area contributed by atoms with E-state index >= 15 is 0 Å². The van der Waals surface area contributed by atoms with Crippen molar-refractivity contribution in [1.29, 1.82) is 0 Å². The quantitative estimate of drug-likeness (QED) is 0.504. The van der Waals surface area contributed by atoms with E-state index < -0.39 is 11.2 Å². The van der Waals surface area contributed by atoms with Gasteiger partial charge in [-0.3, -0.25) is 0 Å². The lowest BCUT2D eigenvalue weighted by Crippen LogP contribution is -2.49. The number of halogens is 1. The minimum atomic E-state index is -0.954. The summed E-state index contributed by atoms with van der Waals surface area (Å²) in [6.07, 6.45) is 2.41. The van der Waals surface area contributed by atoms with E-state index in [2.05, 4.69) is 49.4 Å². The van der Waals surface area contributed by atoms with Gasteiger partial charge in [0.2, 0.25) is 0 Å². The Kier molecular flexibility index (Phi) is 5.51. The molecule has 0 unspecified atom stereocenters. The van der Waals surface area contributed by atoms with E-state index in [1.165, 1.54) is 45.9 Å². The lowest BCUT2D eigenvalue weighted by Gasteiger charge is -2.38. The summed E-state index contributed by atoms with van der Waals surface area (Å²) >= 11 is 6.55. The molecule has 3 aromatic rings. The Morgan fingerprint density at radius 2 is 1.63 bits per heavy atom. The molecule has 4 rings (SSSR count). The van der Waals surface area contributed by atoms with Crippen molar-refractivity contribution in [3.63, 3.8) is 0 Å². The van der Waals surface area contributed by atoms with E-state index in [4.69, 9.17) is 16.3 Å². The Bertz CT molecular complexity index is 1090. The van der Waals surface area contributed by atoms with Crippen LogP contribution in [-0.4, -0.2) is 23.8 Å². The molecule has 4 heteroatoms. The van der Waals surface area contributed by atoms with Crippen molar-refractivity contribution in [1.82, 2.24) is 0 Å². The molecule has 0 heterocycles. The highest BCUT2D eigenvalue weighted by Gasteiger charge is 2.36. The fourth-order valence-corrected chi connectivity index (χ4v) is 4.15. The molecule has 2 nitrogen and oxygen atoms in total. The molecule has 1 fully saturated rings. The molecule has 1 N–H and O–H groups in total. The van der Waals surface area contributed by atoms with Gasteiger partial charge in [-0.2, -0.15) is 0 Å². The summed E-state index contributed by atoms with van der Waals surface area (Å²) in [5.41, 5.74) is 4.50. The first kappa shape index (κ1) is 21.4. The maximum atomic E-state index is 10.5. The van der Waals surface area contributed by atoms with Crippen LogP contribution in [-0.2, 0) is 4.65 Å². The lowest BCUT2D eigenvalue weighted by atomic mass is 9.75. The van der Waals surface area contributed by atoms with Crippen LogP contribution in [0.2, 0.25) is 5.02 Å². The van der Waals surface area contributed by atoms with Crippen molar-refractivity contribution in [2.45, 2.75) is 64.6 Å². The number of aliphatic hydroxyl groups is 1. The molecule has 0 spiro atoms. The average molecular weight is 421 g/mol. The first-order chi connectivity index (χ1) is 14.1. The largest absolute Gasteiger partial charge is 0.427 e. The molecule has 30 heavy (non-hydrogen) atoms. The molecule has 0 aliphatic heterocycles. The van der Waals surface area contributed by atoms with Crippen LogP contribution in [0.3, 0.4) is 0 Å². The van der Waals surface area contributed by atoms with Gasteiger partial charge in [0, 0.05) is 5.02 Å². The predicted molar refractivity (Wildman–Crippen MR) is 129 cm³/mol. The zero-order valence-corrected chi connectivity index (χ0v) is 19.3. The molecule has 3 aromatic carbocycles. The van der Waals surface area contributed by atoms with Crippen LogP contribution in [0, 0.1) is 6.92 Å². The SMILES string of the molecule is Cc1cc2ccccc2cc1-c1c(BOC(C)(C)C(C)(C)O)cc(Cl)cc1C1CC1. The van der Waals surface area contributed by atoms with E-state index in [-0.39, 0.29) is 0 Å². The van der Waals surface area contributed by atoms with E-state index in [0.29, 0.717) is 13.4 Å². The number of hydrogen-bond acceptors (Lipinski definition) is 2. The topological polar surface area (TPSA) is 29.5 Å². The van der Waals surface area contributed by atoms with Crippen LogP contribution in [0.5, 0.6) is 0 Å². The summed E-state index contributed by atoms with van der Waals surface area (Å²) in [5.74, 6) is 0.561. The minimum Gasteiger partial charge on any atom is -0.427 e. The van der Waals surface area contributed by atoms with Crippen LogP contribution in [0.1, 0.15) is 57.6 Å². The zero-order chi connectivity index (χ0) is 21.7. The van der Waals surface area contributed by atoms with E-state index in [0.717, 1.165) is 10.5 Å². The Morgan fingerprint density at radius 3 is 2.23 bits per heavy atom. The Hall–Kier alpha value is -1.81. The number of rotatable bonds is 6. The second kappa shape index (κ2) is 7.71. The Morgan fingerprint density at radius 1 is 1.00 bits per heavy atom. The second-order valence-corrected chi connectivity index (χ2v) is 10.1. The van der Waals surface area contributed by atoms with Crippen LogP contribution >= 0.6 is 11.6 Å². The minimum absolute atomic E-state index is 0.402. The molecule has 0 radical (unpaired) electrons. The summed E-state index contributed by atoms with van der Waals surface area (Å²) in [5, 5.41) is 13.8. The van der Waals surface area contributed by atoms with Gasteiger partial charge < -0.3 is 9.76 Å². The van der Waals surface area contributed by atoms with Gasteiger partial charge in [0.25, 0.3) is 0 Å². The molecule has 0 aromatic heterocycles. The van der Waals surface area contributed by atoms with Crippen molar-refractivity contribution in [3.05, 3.63) is 64.7 Å². The van der Waals surface area contributed by atoms with Crippen molar-refractivity contribution in [2.75, 3.05) is 0 Å². The zero-order valence-electron chi connectivity index (χ0n) is 18.6. The van der Waals surface area contributed by atoms with Gasteiger partial charge in [0.15, 0.2) is 0 Å². The number of aryl methyl sites for hydroxylation is 1. The second-order valence-electron chi connectivity index (χ2n) is 9.68. The predicted octanol–water partition coefficient (Wildman–Crippen LogP) is 5.89. The third-order valence-corrected chi connectivity index (χ3v) is 6.87. The smallest absolute Gasteiger partial charge is 0.310 e. The number of fused-ring (bicyclic) bond motifs is 1. The molecule has 156 valence electrons. The maximum absolute atomic E-state index is 10.5. The standard InChI is InChI=1S/C26H30BClO2/c1-16-12-18-8-6-7-9-19(18)13-21(16)24-22(17-10-11-17)14-20(28)15-23(24)27-30-26(4,5)25(2,3)29/h6-9,12-15,17,27,29H,10-11H2,1-5H3. The van der Waals surface area contributed by atoms with Gasteiger partial charge in [0.05, 0.1) is 11.2 Å². The van der Waals surface area contributed by atoms with Gasteiger partial charge in [0.1, 0.15) is 0 Å². The monoisotopic (exact) mass is 420 g/mol. The highest BCUT2D eigenvalue weighted by atomic mass is 35.5. The third-order valence-electron chi connectivity index (χ3n) is 6.66. The molecular formula is C26H30BClO2. The molecule has 1 aliphatic rings.